The van der Waals surface area contributed by atoms with E-state index < -0.39 is 10.1 Å². The minimum Gasteiger partial charge on any atom is -0.744 e. The molecule has 0 spiro atoms. The summed E-state index contributed by atoms with van der Waals surface area (Å²) in [5, 5.41) is 18.4. The van der Waals surface area contributed by atoms with Crippen molar-refractivity contribution in [3.63, 3.8) is 0 Å². The number of hydrogen-bond donors (Lipinski definition) is 1. The van der Waals surface area contributed by atoms with Crippen molar-refractivity contribution >= 4 is 21.8 Å². The summed E-state index contributed by atoms with van der Waals surface area (Å²) in [6, 6.07) is 18.5. The van der Waals surface area contributed by atoms with E-state index in [1.165, 1.54) is 12.1 Å². The van der Waals surface area contributed by atoms with Gasteiger partial charge in [-0.1, -0.05) is 29.8 Å². The Hall–Kier alpha value is -3.47. The Kier molecular flexibility index (Phi) is 7.26. The minimum atomic E-state index is -4.27. The van der Waals surface area contributed by atoms with Crippen LogP contribution in [0.3, 0.4) is 0 Å². The molecule has 2 aromatic carbocycles. The van der Waals surface area contributed by atoms with Crippen molar-refractivity contribution < 1.29 is 22.6 Å². The van der Waals surface area contributed by atoms with Crippen LogP contribution in [0.2, 0.25) is 0 Å². The third kappa shape index (κ3) is 6.88. The number of pyridine rings is 1. The summed E-state index contributed by atoms with van der Waals surface area (Å²) in [5.74, 6) is 0.220. The number of nitriles is 1. The number of allylic oxidation sites excluding steroid dienone is 1. The predicted molar refractivity (Wildman–Crippen MR) is 108 cm³/mol. The second-order valence-corrected chi connectivity index (χ2v) is 7.66. The van der Waals surface area contributed by atoms with Gasteiger partial charge in [-0.25, -0.2) is 13.0 Å². The minimum absolute atomic E-state index is 0.178. The Morgan fingerprint density at radius 3 is 2.07 bits per heavy atom. The number of phenolic OH excluding ortho intramolecular Hbond substituents is 1. The second kappa shape index (κ2) is 9.64. The Labute approximate surface area is 170 Å². The average molecular weight is 408 g/mol. The molecule has 0 aliphatic heterocycles. The van der Waals surface area contributed by atoms with Crippen LogP contribution < -0.4 is 4.57 Å². The number of hydrogen-bond acceptors (Lipinski definition) is 5. The molecule has 0 bridgehead atoms. The molecule has 0 saturated carbocycles. The lowest BCUT2D eigenvalue weighted by Gasteiger charge is -2.05. The molecular weight excluding hydrogens is 388 g/mol. The van der Waals surface area contributed by atoms with Gasteiger partial charge in [0.25, 0.3) is 0 Å². The first-order chi connectivity index (χ1) is 13.7. The van der Waals surface area contributed by atoms with Crippen molar-refractivity contribution in [2.24, 2.45) is 7.05 Å². The molecule has 7 heteroatoms. The van der Waals surface area contributed by atoms with Gasteiger partial charge in [0.2, 0.25) is 0 Å². The highest BCUT2D eigenvalue weighted by molar-refractivity contribution is 7.85. The van der Waals surface area contributed by atoms with Crippen LogP contribution >= 0.6 is 0 Å². The van der Waals surface area contributed by atoms with Gasteiger partial charge in [0, 0.05) is 17.7 Å². The topological polar surface area (TPSA) is 105 Å². The largest absolute Gasteiger partial charge is 0.744 e. The fraction of sp³-hybridized carbons (Fsp3) is 0.0909. The number of aryl methyl sites for hydroxylation is 2. The molecule has 3 aromatic rings. The summed E-state index contributed by atoms with van der Waals surface area (Å²) < 4.78 is 33.1. The molecule has 1 aromatic heterocycles. The van der Waals surface area contributed by atoms with E-state index in [9.17, 15) is 23.3 Å². The Morgan fingerprint density at radius 1 is 1.03 bits per heavy atom. The highest BCUT2D eigenvalue weighted by Crippen LogP contribution is 2.18. The summed E-state index contributed by atoms with van der Waals surface area (Å²) >= 11 is 0. The van der Waals surface area contributed by atoms with E-state index in [2.05, 4.69) is 6.07 Å². The van der Waals surface area contributed by atoms with Gasteiger partial charge in [-0.3, -0.25) is 0 Å². The molecule has 0 atom stereocenters. The fourth-order valence-electron chi connectivity index (χ4n) is 2.30. The molecule has 0 aliphatic carbocycles. The smallest absolute Gasteiger partial charge is 0.169 e. The van der Waals surface area contributed by atoms with Gasteiger partial charge in [0.15, 0.2) is 12.4 Å². The average Bonchev–Trinajstić information content (AvgIpc) is 2.68. The van der Waals surface area contributed by atoms with Gasteiger partial charge in [-0.05, 0) is 42.8 Å². The highest BCUT2D eigenvalue weighted by atomic mass is 32.2. The summed E-state index contributed by atoms with van der Waals surface area (Å²) in [7, 11) is -2.34. The lowest BCUT2D eigenvalue weighted by Crippen LogP contribution is -2.25. The van der Waals surface area contributed by atoms with Crippen LogP contribution in [0.5, 0.6) is 5.75 Å². The van der Waals surface area contributed by atoms with Gasteiger partial charge in [-0.2, -0.15) is 5.26 Å². The first-order valence-electron chi connectivity index (χ1n) is 8.58. The van der Waals surface area contributed by atoms with E-state index in [-0.39, 0.29) is 10.6 Å². The first-order valence-corrected chi connectivity index (χ1v) is 9.99. The fourth-order valence-corrected chi connectivity index (χ4v) is 2.77. The molecule has 0 aliphatic rings. The number of phenols is 1. The third-order valence-corrected chi connectivity index (χ3v) is 4.77. The molecule has 1 N–H and O–H groups in total. The maximum absolute atomic E-state index is 10.4. The first kappa shape index (κ1) is 21.8. The molecule has 0 fully saturated rings. The molecule has 0 amide bonds. The Bertz CT molecular complexity index is 1130. The van der Waals surface area contributed by atoms with Crippen LogP contribution in [0.25, 0.3) is 11.6 Å². The zero-order valence-electron chi connectivity index (χ0n) is 16.0. The van der Waals surface area contributed by atoms with Crippen LogP contribution in [0.4, 0.5) is 0 Å². The lowest BCUT2D eigenvalue weighted by molar-refractivity contribution is -0.671. The van der Waals surface area contributed by atoms with Crippen molar-refractivity contribution in [1.29, 1.82) is 5.26 Å². The maximum Gasteiger partial charge on any atom is 0.169 e. The van der Waals surface area contributed by atoms with Crippen molar-refractivity contribution in [3.8, 4) is 11.8 Å². The van der Waals surface area contributed by atoms with E-state index in [4.69, 9.17) is 0 Å². The summed E-state index contributed by atoms with van der Waals surface area (Å²) in [4.78, 5) is -0.178. The van der Waals surface area contributed by atoms with E-state index in [0.717, 1.165) is 16.7 Å². The zero-order valence-corrected chi connectivity index (χ0v) is 16.8. The molecule has 1 heterocycles. The van der Waals surface area contributed by atoms with E-state index in [0.29, 0.717) is 5.57 Å². The normalized spacial score (nSPS) is 11.2. The molecule has 29 heavy (non-hydrogen) atoms. The number of nitrogens with zero attached hydrogens (tertiary/aromatic N) is 2. The monoisotopic (exact) mass is 408 g/mol. The Balaban J connectivity index is 0.000000234. The number of benzene rings is 2. The van der Waals surface area contributed by atoms with Gasteiger partial charge in [0.1, 0.15) is 22.9 Å². The van der Waals surface area contributed by atoms with Crippen LogP contribution in [-0.2, 0) is 17.2 Å². The molecule has 148 valence electrons. The van der Waals surface area contributed by atoms with Crippen molar-refractivity contribution in [1.82, 2.24) is 0 Å². The SMILES string of the molecule is C[n+]1ccc(/C(C#N)=C/c2ccc(O)cc2)cc1.Cc1ccc(S(=O)(=O)[O-])cc1. The Morgan fingerprint density at radius 2 is 1.59 bits per heavy atom. The zero-order chi connectivity index (χ0) is 21.4. The van der Waals surface area contributed by atoms with Crippen molar-refractivity contribution in [3.05, 3.63) is 89.7 Å². The van der Waals surface area contributed by atoms with Gasteiger partial charge >= 0.3 is 0 Å². The van der Waals surface area contributed by atoms with Gasteiger partial charge in [0.05, 0.1) is 16.5 Å². The molecule has 0 saturated heterocycles. The molecule has 0 unspecified atom stereocenters. The lowest BCUT2D eigenvalue weighted by atomic mass is 10.1. The molecule has 0 radical (unpaired) electrons. The maximum atomic E-state index is 10.4. The summed E-state index contributed by atoms with van der Waals surface area (Å²) in [5.41, 5.74) is 3.29. The number of aromatic hydroxyl groups is 1. The highest BCUT2D eigenvalue weighted by Gasteiger charge is 2.03. The molecule has 6 nitrogen and oxygen atoms in total. The van der Waals surface area contributed by atoms with Crippen LogP contribution in [0, 0.1) is 18.3 Å². The van der Waals surface area contributed by atoms with Crippen LogP contribution in [0.15, 0.2) is 78.0 Å². The second-order valence-electron chi connectivity index (χ2n) is 6.28. The van der Waals surface area contributed by atoms with Crippen molar-refractivity contribution in [2.75, 3.05) is 0 Å². The quantitative estimate of drug-likeness (QED) is 0.407. The number of aromatic nitrogens is 1. The van der Waals surface area contributed by atoms with Crippen molar-refractivity contribution in [2.45, 2.75) is 11.8 Å². The van der Waals surface area contributed by atoms with E-state index in [1.807, 2.05) is 43.1 Å². The molecule has 3 rings (SSSR count). The molecular formula is C22H20N2O4S. The third-order valence-electron chi connectivity index (χ3n) is 3.92. The van der Waals surface area contributed by atoms with Crippen LogP contribution in [-0.4, -0.2) is 18.1 Å². The predicted octanol–water partition coefficient (Wildman–Crippen LogP) is 3.18. The summed E-state index contributed by atoms with van der Waals surface area (Å²) in [6.45, 7) is 1.82. The van der Waals surface area contributed by atoms with E-state index in [1.54, 1.807) is 42.5 Å². The van der Waals surface area contributed by atoms with Gasteiger partial charge < -0.3 is 9.66 Å². The van der Waals surface area contributed by atoms with E-state index >= 15 is 0 Å². The summed E-state index contributed by atoms with van der Waals surface area (Å²) in [6.07, 6.45) is 5.60. The van der Waals surface area contributed by atoms with Gasteiger partial charge in [-0.15, -0.1) is 0 Å². The number of rotatable bonds is 3. The van der Waals surface area contributed by atoms with Crippen LogP contribution in [0.1, 0.15) is 16.7 Å². The standard InChI is InChI=1S/C15H12N2O.C7H8O3S/c1-17-8-6-13(7-9-17)14(11-16)10-12-2-4-15(18)5-3-12;1-6-2-4-7(5-3-6)11(8,9)10/h2-10H,1H3;2-5H,1H3,(H,8,9,10).